The molecule has 1 amide bonds. The van der Waals surface area contributed by atoms with Crippen LogP contribution in [0.3, 0.4) is 0 Å². The molecule has 0 saturated carbocycles. The van der Waals surface area contributed by atoms with Gasteiger partial charge in [-0.1, -0.05) is 11.2 Å². The summed E-state index contributed by atoms with van der Waals surface area (Å²) in [6.45, 7) is 1.76. The average molecular weight is 386 g/mol. The molecule has 3 aliphatic rings. The van der Waals surface area contributed by atoms with Crippen LogP contribution in [-0.2, 0) is 12.8 Å². The van der Waals surface area contributed by atoms with E-state index in [0.29, 0.717) is 17.7 Å². The topological polar surface area (TPSA) is 64.8 Å². The van der Waals surface area contributed by atoms with Gasteiger partial charge in [0.05, 0.1) is 0 Å². The lowest BCUT2D eigenvalue weighted by Gasteiger charge is -2.20. The van der Waals surface area contributed by atoms with Crippen LogP contribution < -0.4 is 9.47 Å². The average Bonchev–Trinajstić information content (AvgIpc) is 3.27. The largest absolute Gasteiger partial charge is 0.454 e. The Kier molecular flexibility index (Phi) is 4.47. The number of ether oxygens (including phenoxy) is 2. The second-order valence-electron chi connectivity index (χ2n) is 7.19. The molecule has 1 aromatic heterocycles. The van der Waals surface area contributed by atoms with Gasteiger partial charge >= 0.3 is 0 Å². The number of nitrogens with zero attached hydrogens (tertiary/aromatic N) is 2. The zero-order valence-electron chi connectivity index (χ0n) is 15.1. The lowest BCUT2D eigenvalue weighted by atomic mass is 9.96. The number of carbonyl (C=O) groups is 1. The van der Waals surface area contributed by atoms with Gasteiger partial charge in [-0.05, 0) is 43.4 Å². The third kappa shape index (κ3) is 3.18. The Hall–Kier alpha value is -2.15. The molecule has 3 heterocycles. The van der Waals surface area contributed by atoms with Crippen LogP contribution in [-0.4, -0.2) is 41.6 Å². The van der Waals surface area contributed by atoms with Crippen molar-refractivity contribution in [1.29, 1.82) is 0 Å². The lowest BCUT2D eigenvalue weighted by Crippen LogP contribution is -2.34. The number of rotatable bonds is 2. The van der Waals surface area contributed by atoms with Crippen LogP contribution in [0.1, 0.15) is 51.9 Å². The Morgan fingerprint density at radius 3 is 3.00 bits per heavy atom. The van der Waals surface area contributed by atoms with Crippen molar-refractivity contribution in [1.82, 2.24) is 10.1 Å². The molecule has 5 rings (SSSR count). The van der Waals surface area contributed by atoms with Crippen LogP contribution in [0.25, 0.3) is 0 Å². The van der Waals surface area contributed by atoms with Gasteiger partial charge in [0.2, 0.25) is 6.79 Å². The van der Waals surface area contributed by atoms with E-state index >= 15 is 0 Å². The summed E-state index contributed by atoms with van der Waals surface area (Å²) in [5.74, 6) is 3.47. The predicted molar refractivity (Wildman–Crippen MR) is 101 cm³/mol. The number of fused-ring (bicyclic) bond motifs is 2. The number of hydrogen-bond acceptors (Lipinski definition) is 6. The van der Waals surface area contributed by atoms with Crippen molar-refractivity contribution in [3.05, 3.63) is 40.8 Å². The fourth-order valence-electron chi connectivity index (χ4n) is 4.06. The molecule has 1 fully saturated rings. The number of carbonyl (C=O) groups excluding carboxylic acids is 1. The second kappa shape index (κ2) is 7.11. The zero-order valence-corrected chi connectivity index (χ0v) is 15.9. The summed E-state index contributed by atoms with van der Waals surface area (Å²) in [6.07, 6.45) is 4.94. The van der Waals surface area contributed by atoms with Crippen molar-refractivity contribution in [3.8, 4) is 11.5 Å². The molecule has 1 atom stereocenters. The Morgan fingerprint density at radius 1 is 1.15 bits per heavy atom. The number of hydrogen-bond donors (Lipinski definition) is 0. The van der Waals surface area contributed by atoms with Gasteiger partial charge in [-0.2, -0.15) is 11.8 Å². The van der Waals surface area contributed by atoms with Crippen molar-refractivity contribution in [3.63, 3.8) is 0 Å². The quantitative estimate of drug-likeness (QED) is 0.786. The normalized spacial score (nSPS) is 21.6. The minimum absolute atomic E-state index is 0.0221. The monoisotopic (exact) mass is 386 g/mol. The van der Waals surface area contributed by atoms with Gasteiger partial charge in [-0.25, -0.2) is 0 Å². The van der Waals surface area contributed by atoms with Gasteiger partial charge in [0.25, 0.3) is 5.91 Å². The van der Waals surface area contributed by atoms with E-state index in [-0.39, 0.29) is 5.91 Å². The van der Waals surface area contributed by atoms with E-state index in [1.54, 1.807) is 0 Å². The minimum atomic E-state index is 0.0221. The van der Waals surface area contributed by atoms with Crippen molar-refractivity contribution >= 4 is 17.7 Å². The van der Waals surface area contributed by atoms with Crippen LogP contribution in [0.4, 0.5) is 0 Å². The number of benzene rings is 1. The summed E-state index contributed by atoms with van der Waals surface area (Å²) in [4.78, 5) is 15.0. The maximum absolute atomic E-state index is 13.0. The highest BCUT2D eigenvalue weighted by Gasteiger charge is 2.29. The van der Waals surface area contributed by atoms with Gasteiger partial charge in [0, 0.05) is 36.1 Å². The number of aryl methyl sites for hydroxylation is 1. The van der Waals surface area contributed by atoms with Crippen LogP contribution in [0.5, 0.6) is 11.5 Å². The summed E-state index contributed by atoms with van der Waals surface area (Å²) >= 11 is 1.90. The summed E-state index contributed by atoms with van der Waals surface area (Å²) in [5.41, 5.74) is 2.81. The Bertz CT molecular complexity index is 866. The molecule has 7 heteroatoms. The maximum atomic E-state index is 13.0. The molecule has 1 aliphatic carbocycles. The first kappa shape index (κ1) is 17.0. The fourth-order valence-corrected chi connectivity index (χ4v) is 5.28. The van der Waals surface area contributed by atoms with Gasteiger partial charge in [-0.3, -0.25) is 4.79 Å². The summed E-state index contributed by atoms with van der Waals surface area (Å²) < 4.78 is 16.3. The molecule has 142 valence electrons. The van der Waals surface area contributed by atoms with Gasteiger partial charge in [0.15, 0.2) is 17.2 Å². The van der Waals surface area contributed by atoms with Crippen LogP contribution in [0, 0.1) is 0 Å². The Morgan fingerprint density at radius 2 is 2.04 bits per heavy atom. The lowest BCUT2D eigenvalue weighted by molar-refractivity contribution is 0.0755. The standard InChI is InChI=1S/C20H22N2O4S/c23-20(19-14-3-1-2-4-15(14)26-21-19)22-8-7-18(27-10-9-22)13-5-6-16-17(11-13)25-12-24-16/h5-6,11,18H,1-4,7-10,12H2. The molecule has 0 radical (unpaired) electrons. The Balaban J connectivity index is 1.30. The van der Waals surface area contributed by atoms with E-state index in [4.69, 9.17) is 14.0 Å². The van der Waals surface area contributed by atoms with Gasteiger partial charge in [-0.15, -0.1) is 0 Å². The Labute approximate surface area is 162 Å². The van der Waals surface area contributed by atoms with Crippen molar-refractivity contribution in [2.24, 2.45) is 0 Å². The SMILES string of the molecule is O=C(c1noc2c1CCCC2)N1CCSC(c2ccc3c(c2)OCO3)CC1. The maximum Gasteiger partial charge on any atom is 0.276 e. The molecule has 1 aromatic carbocycles. The van der Waals surface area contributed by atoms with Crippen LogP contribution in [0.2, 0.25) is 0 Å². The highest BCUT2D eigenvalue weighted by Crippen LogP contribution is 2.40. The van der Waals surface area contributed by atoms with Crippen LogP contribution >= 0.6 is 11.8 Å². The first-order valence-electron chi connectivity index (χ1n) is 9.57. The van der Waals surface area contributed by atoms with E-state index in [1.807, 2.05) is 22.7 Å². The van der Waals surface area contributed by atoms with E-state index in [0.717, 1.165) is 73.8 Å². The molecule has 0 spiro atoms. The van der Waals surface area contributed by atoms with Gasteiger partial charge < -0.3 is 18.9 Å². The fraction of sp³-hybridized carbons (Fsp3) is 0.500. The number of amides is 1. The molecule has 27 heavy (non-hydrogen) atoms. The highest BCUT2D eigenvalue weighted by molar-refractivity contribution is 7.99. The zero-order chi connectivity index (χ0) is 18.2. The number of aromatic nitrogens is 1. The van der Waals surface area contributed by atoms with Gasteiger partial charge in [0.1, 0.15) is 5.76 Å². The van der Waals surface area contributed by atoms with E-state index in [1.165, 1.54) is 5.56 Å². The van der Waals surface area contributed by atoms with E-state index in [9.17, 15) is 4.79 Å². The van der Waals surface area contributed by atoms with Crippen molar-refractivity contribution < 1.29 is 18.8 Å². The molecule has 2 aliphatic heterocycles. The first-order valence-corrected chi connectivity index (χ1v) is 10.6. The molecule has 0 N–H and O–H groups in total. The van der Waals surface area contributed by atoms with Crippen molar-refractivity contribution in [2.45, 2.75) is 37.4 Å². The van der Waals surface area contributed by atoms with Crippen molar-refractivity contribution in [2.75, 3.05) is 25.6 Å². The predicted octanol–water partition coefficient (Wildman–Crippen LogP) is 3.60. The van der Waals surface area contributed by atoms with E-state index < -0.39 is 0 Å². The highest BCUT2D eigenvalue weighted by atomic mass is 32.2. The summed E-state index contributed by atoms with van der Waals surface area (Å²) in [6, 6.07) is 6.16. The third-order valence-electron chi connectivity index (χ3n) is 5.55. The van der Waals surface area contributed by atoms with E-state index in [2.05, 4.69) is 17.3 Å². The molecule has 6 nitrogen and oxygen atoms in total. The molecule has 1 unspecified atom stereocenters. The minimum Gasteiger partial charge on any atom is -0.454 e. The molecule has 0 bridgehead atoms. The van der Waals surface area contributed by atoms with Crippen LogP contribution in [0.15, 0.2) is 22.7 Å². The molecule has 2 aromatic rings. The molecular weight excluding hydrogens is 364 g/mol. The number of thioether (sulfide) groups is 1. The molecular formula is C20H22N2O4S. The first-order chi connectivity index (χ1) is 13.3. The smallest absolute Gasteiger partial charge is 0.276 e. The summed E-state index contributed by atoms with van der Waals surface area (Å²) in [7, 11) is 0. The summed E-state index contributed by atoms with van der Waals surface area (Å²) in [5, 5.41) is 4.47. The second-order valence-corrected chi connectivity index (χ2v) is 8.50. The third-order valence-corrected chi connectivity index (χ3v) is 6.88. The molecule has 1 saturated heterocycles.